The Labute approximate surface area is 181 Å². The summed E-state index contributed by atoms with van der Waals surface area (Å²) in [6, 6.07) is 0. The molecule has 9 nitrogen and oxygen atoms in total. The van der Waals surface area contributed by atoms with Crippen LogP contribution >= 0.6 is 0 Å². The van der Waals surface area contributed by atoms with Gasteiger partial charge < -0.3 is 43.7 Å². The number of hydrogen-bond donors (Lipinski definition) is 3. The van der Waals surface area contributed by atoms with Crippen LogP contribution in [0.3, 0.4) is 0 Å². The summed E-state index contributed by atoms with van der Waals surface area (Å²) in [5.41, 5.74) is 0. The lowest BCUT2D eigenvalue weighted by Crippen LogP contribution is -2.30. The quantitative estimate of drug-likeness (QED) is 0.252. The average molecular weight is 441 g/mol. The summed E-state index contributed by atoms with van der Waals surface area (Å²) < 4.78 is 33.7. The molecule has 182 valence electrons. The van der Waals surface area contributed by atoms with E-state index in [1.165, 1.54) is 0 Å². The van der Waals surface area contributed by atoms with Crippen molar-refractivity contribution in [3.63, 3.8) is 0 Å². The number of ether oxygens (including phenoxy) is 6. The smallest absolute Gasteiger partial charge is 0.100 e. The Morgan fingerprint density at radius 1 is 0.433 bits per heavy atom. The van der Waals surface area contributed by atoms with Gasteiger partial charge in [0.1, 0.15) is 6.10 Å². The van der Waals surface area contributed by atoms with E-state index >= 15 is 0 Å². The Kier molecular flexibility index (Phi) is 18.0. The van der Waals surface area contributed by atoms with Crippen molar-refractivity contribution >= 4 is 0 Å². The van der Waals surface area contributed by atoms with Crippen molar-refractivity contribution in [2.45, 2.75) is 84.3 Å². The van der Waals surface area contributed by atoms with Crippen molar-refractivity contribution < 1.29 is 43.7 Å². The number of rotatable bonds is 20. The van der Waals surface area contributed by atoms with E-state index in [-0.39, 0.29) is 56.4 Å². The van der Waals surface area contributed by atoms with E-state index < -0.39 is 6.10 Å². The Bertz CT molecular complexity index is 351. The van der Waals surface area contributed by atoms with Crippen LogP contribution in [0.2, 0.25) is 0 Å². The summed E-state index contributed by atoms with van der Waals surface area (Å²) in [5.74, 6) is 0. The zero-order chi connectivity index (χ0) is 22.9. The van der Waals surface area contributed by atoms with Gasteiger partial charge in [-0.25, -0.2) is 0 Å². The minimum Gasteiger partial charge on any atom is -0.394 e. The van der Waals surface area contributed by atoms with Gasteiger partial charge in [-0.2, -0.15) is 0 Å². The van der Waals surface area contributed by atoms with Gasteiger partial charge in [0.15, 0.2) is 0 Å². The SMILES string of the molecule is CC(CO)OCC(C)OCC(C)OCC(C)OCC(C)OCC(C)OCC(O)CO. The molecule has 0 rings (SSSR count). The van der Waals surface area contributed by atoms with Crippen LogP contribution in [0.4, 0.5) is 0 Å². The second-order valence-electron chi connectivity index (χ2n) is 7.88. The maximum atomic E-state index is 9.26. The highest BCUT2D eigenvalue weighted by Crippen LogP contribution is 2.04. The molecule has 7 unspecified atom stereocenters. The number of aliphatic hydroxyl groups is 3. The van der Waals surface area contributed by atoms with Crippen LogP contribution in [0.1, 0.15) is 41.5 Å². The third kappa shape index (κ3) is 17.3. The summed E-state index contributed by atoms with van der Waals surface area (Å²) in [6.07, 6.45) is -1.58. The maximum Gasteiger partial charge on any atom is 0.100 e. The molecule has 0 radical (unpaired) electrons. The molecule has 7 atom stereocenters. The Hall–Kier alpha value is -0.360. The van der Waals surface area contributed by atoms with Gasteiger partial charge >= 0.3 is 0 Å². The zero-order valence-corrected chi connectivity index (χ0v) is 19.5. The molecule has 0 bridgehead atoms. The largest absolute Gasteiger partial charge is 0.394 e. The lowest BCUT2D eigenvalue weighted by Gasteiger charge is -2.22. The second-order valence-corrected chi connectivity index (χ2v) is 7.88. The predicted octanol–water partition coefficient (Wildman–Crippen LogP) is 0.763. The van der Waals surface area contributed by atoms with Gasteiger partial charge in [0.25, 0.3) is 0 Å². The maximum absolute atomic E-state index is 9.26. The van der Waals surface area contributed by atoms with Crippen LogP contribution in [-0.2, 0) is 28.4 Å². The molecule has 0 saturated carbocycles. The third-order valence-electron chi connectivity index (χ3n) is 4.12. The first-order valence-electron chi connectivity index (χ1n) is 10.8. The molecule has 0 aliphatic heterocycles. The van der Waals surface area contributed by atoms with E-state index in [1.807, 2.05) is 41.5 Å². The molecule has 0 amide bonds. The molecule has 0 heterocycles. The summed E-state index contributed by atoms with van der Waals surface area (Å²) in [4.78, 5) is 0. The summed E-state index contributed by atoms with van der Waals surface area (Å²) >= 11 is 0. The van der Waals surface area contributed by atoms with Crippen molar-refractivity contribution in [3.8, 4) is 0 Å². The molecule has 3 N–H and O–H groups in total. The van der Waals surface area contributed by atoms with Gasteiger partial charge in [-0.15, -0.1) is 0 Å². The van der Waals surface area contributed by atoms with Crippen LogP contribution in [0.25, 0.3) is 0 Å². The fourth-order valence-electron chi connectivity index (χ4n) is 2.12. The second kappa shape index (κ2) is 18.2. The van der Waals surface area contributed by atoms with Crippen LogP contribution in [0.5, 0.6) is 0 Å². The van der Waals surface area contributed by atoms with Gasteiger partial charge in [0.2, 0.25) is 0 Å². The molecule has 0 spiro atoms. The van der Waals surface area contributed by atoms with Crippen molar-refractivity contribution in [1.82, 2.24) is 0 Å². The molecule has 0 aliphatic rings. The normalized spacial score (nSPS) is 19.1. The summed E-state index contributed by atoms with van der Waals surface area (Å²) in [5, 5.41) is 27.0. The van der Waals surface area contributed by atoms with Crippen LogP contribution in [0.15, 0.2) is 0 Å². The first-order chi connectivity index (χ1) is 14.2. The molecule has 0 saturated heterocycles. The fourth-order valence-corrected chi connectivity index (χ4v) is 2.12. The van der Waals surface area contributed by atoms with Crippen molar-refractivity contribution in [2.75, 3.05) is 52.9 Å². The van der Waals surface area contributed by atoms with Crippen LogP contribution in [0, 0.1) is 0 Å². The highest BCUT2D eigenvalue weighted by atomic mass is 16.6. The van der Waals surface area contributed by atoms with Crippen molar-refractivity contribution in [1.29, 1.82) is 0 Å². The minimum absolute atomic E-state index is 0.00462. The van der Waals surface area contributed by atoms with E-state index in [0.29, 0.717) is 33.0 Å². The molecule has 0 aromatic carbocycles. The van der Waals surface area contributed by atoms with E-state index in [9.17, 15) is 5.11 Å². The molecule has 0 fully saturated rings. The van der Waals surface area contributed by atoms with Crippen LogP contribution < -0.4 is 0 Å². The van der Waals surface area contributed by atoms with Crippen LogP contribution in [-0.4, -0.2) is 111 Å². The van der Waals surface area contributed by atoms with Gasteiger partial charge in [0.05, 0.1) is 89.5 Å². The lowest BCUT2D eigenvalue weighted by atomic mass is 10.3. The van der Waals surface area contributed by atoms with E-state index in [4.69, 9.17) is 38.6 Å². The van der Waals surface area contributed by atoms with E-state index in [0.717, 1.165) is 0 Å². The van der Waals surface area contributed by atoms with Gasteiger partial charge in [0, 0.05) is 0 Å². The van der Waals surface area contributed by atoms with Gasteiger partial charge in [-0.05, 0) is 41.5 Å². The number of hydrogen-bond acceptors (Lipinski definition) is 9. The lowest BCUT2D eigenvalue weighted by molar-refractivity contribution is -0.106. The van der Waals surface area contributed by atoms with E-state index in [2.05, 4.69) is 0 Å². The summed E-state index contributed by atoms with van der Waals surface area (Å²) in [6.45, 7) is 13.3. The zero-order valence-electron chi connectivity index (χ0n) is 19.5. The molecular formula is C21H44O9. The van der Waals surface area contributed by atoms with E-state index in [1.54, 1.807) is 0 Å². The van der Waals surface area contributed by atoms with Crippen molar-refractivity contribution in [2.24, 2.45) is 0 Å². The average Bonchev–Trinajstić information content (AvgIpc) is 2.74. The standard InChI is InChI=1S/C21H44O9/c1-15(7-22)25-9-16(2)26-10-17(3)27-11-18(4)28-12-19(5)29-13-20(6)30-14-21(24)8-23/h15-24H,7-14H2,1-6H3. The predicted molar refractivity (Wildman–Crippen MR) is 113 cm³/mol. The molecule has 9 heteroatoms. The molecular weight excluding hydrogens is 396 g/mol. The van der Waals surface area contributed by atoms with Crippen molar-refractivity contribution in [3.05, 3.63) is 0 Å². The molecule has 30 heavy (non-hydrogen) atoms. The van der Waals surface area contributed by atoms with Gasteiger partial charge in [-0.3, -0.25) is 0 Å². The first-order valence-corrected chi connectivity index (χ1v) is 10.8. The Balaban J connectivity index is 3.78. The minimum atomic E-state index is -0.867. The van der Waals surface area contributed by atoms with Gasteiger partial charge in [-0.1, -0.05) is 0 Å². The monoisotopic (exact) mass is 440 g/mol. The fraction of sp³-hybridized carbons (Fsp3) is 1.00. The number of aliphatic hydroxyl groups excluding tert-OH is 3. The molecule has 0 aliphatic carbocycles. The summed E-state index contributed by atoms with van der Waals surface area (Å²) in [7, 11) is 0. The Morgan fingerprint density at radius 3 is 0.967 bits per heavy atom. The molecule has 0 aromatic heterocycles. The molecule has 0 aromatic rings. The Morgan fingerprint density at radius 2 is 0.700 bits per heavy atom. The third-order valence-corrected chi connectivity index (χ3v) is 4.12. The highest BCUT2D eigenvalue weighted by molar-refractivity contribution is 4.59. The topological polar surface area (TPSA) is 116 Å². The first kappa shape index (κ1) is 29.6. The highest BCUT2D eigenvalue weighted by Gasteiger charge is 2.13.